The topological polar surface area (TPSA) is 74.9 Å². The van der Waals surface area contributed by atoms with Gasteiger partial charge in [-0.1, -0.05) is 30.3 Å². The average Bonchev–Trinajstić information content (AvgIpc) is 2.93. The first kappa shape index (κ1) is 18.8. The zero-order chi connectivity index (χ0) is 19.4. The maximum atomic E-state index is 12.8. The van der Waals surface area contributed by atoms with Gasteiger partial charge < -0.3 is 14.9 Å². The number of nitrogens with one attached hydrogen (secondary N) is 1. The number of aliphatic hydroxyl groups excluding tert-OH is 1. The van der Waals surface area contributed by atoms with Crippen LogP contribution in [0.15, 0.2) is 60.4 Å². The molecule has 1 aliphatic rings. The smallest absolute Gasteiger partial charge is 0.295 e. The number of rotatable bonds is 6. The van der Waals surface area contributed by atoms with Crippen LogP contribution in [0.4, 0.5) is 0 Å². The van der Waals surface area contributed by atoms with E-state index in [2.05, 4.69) is 4.98 Å². The zero-order valence-corrected chi connectivity index (χ0v) is 15.6. The van der Waals surface area contributed by atoms with Crippen molar-refractivity contribution >= 4 is 17.4 Å². The number of amides is 1. The Morgan fingerprint density at radius 3 is 2.41 bits per heavy atom. The summed E-state index contributed by atoms with van der Waals surface area (Å²) < 4.78 is 0. The van der Waals surface area contributed by atoms with Crippen LogP contribution in [0.3, 0.4) is 0 Å². The molecule has 2 N–H and O–H groups in total. The van der Waals surface area contributed by atoms with E-state index in [0.717, 1.165) is 18.5 Å². The van der Waals surface area contributed by atoms with Crippen LogP contribution in [0.2, 0.25) is 0 Å². The van der Waals surface area contributed by atoms with Gasteiger partial charge in [-0.3, -0.25) is 14.6 Å². The lowest BCUT2D eigenvalue weighted by Crippen LogP contribution is -3.05. The Balaban J connectivity index is 2.05. The predicted octanol–water partition coefficient (Wildman–Crippen LogP) is 1.04. The second kappa shape index (κ2) is 8.14. The fourth-order valence-electron chi connectivity index (χ4n) is 3.36. The molecule has 0 saturated carbocycles. The minimum Gasteiger partial charge on any atom is -0.507 e. The highest BCUT2D eigenvalue weighted by Gasteiger charge is 2.45. The molecule has 1 aromatic carbocycles. The standard InChI is InChI=1S/C21H23N3O3/c1-23(2)13-6-14-24-18(15-7-4-3-5-8-15)17(20(26)21(24)27)19(25)16-9-11-22-12-10-16/h3-5,7-12,18,25H,6,13-14H2,1-2H3/p+1/b19-17-/t18-/m0/s1. The normalized spacial score (nSPS) is 19.1. The van der Waals surface area contributed by atoms with Crippen LogP contribution in [0.25, 0.3) is 5.76 Å². The van der Waals surface area contributed by atoms with Gasteiger partial charge in [-0.25, -0.2) is 0 Å². The van der Waals surface area contributed by atoms with E-state index in [1.807, 2.05) is 44.4 Å². The molecule has 140 valence electrons. The highest BCUT2D eigenvalue weighted by Crippen LogP contribution is 2.39. The summed E-state index contributed by atoms with van der Waals surface area (Å²) in [6.45, 7) is 1.34. The molecular weight excluding hydrogens is 342 g/mol. The molecule has 0 radical (unpaired) electrons. The number of hydrogen-bond acceptors (Lipinski definition) is 4. The van der Waals surface area contributed by atoms with E-state index >= 15 is 0 Å². The maximum absolute atomic E-state index is 12.8. The largest absolute Gasteiger partial charge is 0.507 e. The summed E-state index contributed by atoms with van der Waals surface area (Å²) in [7, 11) is 4.10. The minimum absolute atomic E-state index is 0.134. The van der Waals surface area contributed by atoms with Crippen molar-refractivity contribution in [2.24, 2.45) is 0 Å². The molecule has 27 heavy (non-hydrogen) atoms. The quantitative estimate of drug-likeness (QED) is 0.455. The number of carbonyl (C=O) groups is 2. The molecule has 0 aliphatic carbocycles. The van der Waals surface area contributed by atoms with Crippen molar-refractivity contribution in [1.29, 1.82) is 0 Å². The molecule has 1 fully saturated rings. The van der Waals surface area contributed by atoms with E-state index in [1.165, 1.54) is 4.90 Å². The summed E-state index contributed by atoms with van der Waals surface area (Å²) in [6.07, 6.45) is 3.86. The molecule has 0 spiro atoms. The van der Waals surface area contributed by atoms with Gasteiger partial charge in [0.05, 0.1) is 32.3 Å². The molecule has 2 heterocycles. The number of carbonyl (C=O) groups excluding carboxylic acids is 2. The Bertz CT molecular complexity index is 847. The van der Waals surface area contributed by atoms with E-state index in [-0.39, 0.29) is 11.3 Å². The molecule has 0 bridgehead atoms. The number of nitrogens with zero attached hydrogens (tertiary/aromatic N) is 2. The van der Waals surface area contributed by atoms with Gasteiger partial charge in [-0.2, -0.15) is 0 Å². The monoisotopic (exact) mass is 366 g/mol. The van der Waals surface area contributed by atoms with Gasteiger partial charge in [0.25, 0.3) is 11.7 Å². The molecule has 3 rings (SSSR count). The predicted molar refractivity (Wildman–Crippen MR) is 102 cm³/mol. The summed E-state index contributed by atoms with van der Waals surface area (Å²) in [5, 5.41) is 10.8. The Morgan fingerprint density at radius 2 is 1.78 bits per heavy atom. The Hall–Kier alpha value is -2.99. The molecule has 1 atom stereocenters. The van der Waals surface area contributed by atoms with E-state index in [9.17, 15) is 14.7 Å². The first-order valence-electron chi connectivity index (χ1n) is 9.03. The third-order valence-electron chi connectivity index (χ3n) is 4.68. The third-order valence-corrected chi connectivity index (χ3v) is 4.68. The molecule has 1 amide bonds. The molecule has 1 aliphatic heterocycles. The Morgan fingerprint density at radius 1 is 1.11 bits per heavy atom. The molecule has 6 heteroatoms. The van der Waals surface area contributed by atoms with Crippen molar-refractivity contribution in [2.75, 3.05) is 27.2 Å². The third kappa shape index (κ3) is 3.90. The highest BCUT2D eigenvalue weighted by molar-refractivity contribution is 6.46. The summed E-state index contributed by atoms with van der Waals surface area (Å²) in [4.78, 5) is 32.3. The summed E-state index contributed by atoms with van der Waals surface area (Å²) >= 11 is 0. The fourth-order valence-corrected chi connectivity index (χ4v) is 3.36. The lowest BCUT2D eigenvalue weighted by molar-refractivity contribution is -0.858. The number of aliphatic hydroxyl groups is 1. The summed E-state index contributed by atoms with van der Waals surface area (Å²) in [6, 6.07) is 12.0. The van der Waals surface area contributed by atoms with Crippen LogP contribution in [-0.2, 0) is 9.59 Å². The molecule has 0 unspecified atom stereocenters. The molecule has 1 aromatic heterocycles. The van der Waals surface area contributed by atoms with Gasteiger partial charge in [0.1, 0.15) is 5.76 Å². The SMILES string of the molecule is C[NH+](C)CCCN1C(=O)C(=O)/C(=C(\O)c2ccncc2)[C@@H]1c1ccccc1. The second-order valence-corrected chi connectivity index (χ2v) is 6.95. The van der Waals surface area contributed by atoms with Gasteiger partial charge >= 0.3 is 0 Å². The van der Waals surface area contributed by atoms with Gasteiger partial charge in [-0.15, -0.1) is 0 Å². The number of hydrogen-bond donors (Lipinski definition) is 2. The van der Waals surface area contributed by atoms with Crippen LogP contribution in [0.5, 0.6) is 0 Å². The Labute approximate surface area is 158 Å². The van der Waals surface area contributed by atoms with Crippen molar-refractivity contribution in [2.45, 2.75) is 12.5 Å². The lowest BCUT2D eigenvalue weighted by atomic mass is 9.95. The first-order chi connectivity index (χ1) is 13.0. The average molecular weight is 366 g/mol. The summed E-state index contributed by atoms with van der Waals surface area (Å²) in [5.74, 6) is -1.37. The van der Waals surface area contributed by atoms with Crippen LogP contribution >= 0.6 is 0 Å². The van der Waals surface area contributed by atoms with Crippen LogP contribution in [0, 0.1) is 0 Å². The highest BCUT2D eigenvalue weighted by atomic mass is 16.3. The maximum Gasteiger partial charge on any atom is 0.295 e. The number of Topliss-reactive ketones (excluding diaryl/α,β-unsaturated/α-hetero) is 1. The van der Waals surface area contributed by atoms with Crippen LogP contribution in [0.1, 0.15) is 23.6 Å². The van der Waals surface area contributed by atoms with Crippen LogP contribution in [-0.4, -0.2) is 53.9 Å². The van der Waals surface area contributed by atoms with E-state index in [4.69, 9.17) is 0 Å². The molecule has 1 saturated heterocycles. The number of pyridine rings is 1. The number of ketones is 1. The van der Waals surface area contributed by atoms with Crippen molar-refractivity contribution in [3.8, 4) is 0 Å². The number of aromatic nitrogens is 1. The molecule has 6 nitrogen and oxygen atoms in total. The molecule has 2 aromatic rings. The number of quaternary nitrogens is 1. The first-order valence-corrected chi connectivity index (χ1v) is 9.03. The van der Waals surface area contributed by atoms with Gasteiger partial charge in [0, 0.05) is 30.9 Å². The molecular formula is C21H24N3O3+. The van der Waals surface area contributed by atoms with Crippen molar-refractivity contribution in [3.05, 3.63) is 71.6 Å². The van der Waals surface area contributed by atoms with E-state index in [1.54, 1.807) is 29.4 Å². The zero-order valence-electron chi connectivity index (χ0n) is 15.6. The van der Waals surface area contributed by atoms with E-state index in [0.29, 0.717) is 12.1 Å². The van der Waals surface area contributed by atoms with Gasteiger partial charge in [0.15, 0.2) is 0 Å². The van der Waals surface area contributed by atoms with Gasteiger partial charge in [-0.05, 0) is 17.7 Å². The van der Waals surface area contributed by atoms with Gasteiger partial charge in [0.2, 0.25) is 0 Å². The summed E-state index contributed by atoms with van der Waals surface area (Å²) in [5.41, 5.74) is 1.42. The van der Waals surface area contributed by atoms with Crippen molar-refractivity contribution < 1.29 is 19.6 Å². The number of benzene rings is 1. The van der Waals surface area contributed by atoms with Crippen molar-refractivity contribution in [1.82, 2.24) is 9.88 Å². The number of likely N-dealkylation sites (tertiary alicyclic amines) is 1. The second-order valence-electron chi connectivity index (χ2n) is 6.95. The van der Waals surface area contributed by atoms with Crippen molar-refractivity contribution in [3.63, 3.8) is 0 Å². The lowest BCUT2D eigenvalue weighted by Gasteiger charge is -2.25. The van der Waals surface area contributed by atoms with Crippen LogP contribution < -0.4 is 4.90 Å². The Kier molecular flexibility index (Phi) is 5.66. The fraction of sp³-hybridized carbons (Fsp3) is 0.286. The minimum atomic E-state index is -0.643. The van der Waals surface area contributed by atoms with E-state index < -0.39 is 17.7 Å².